The lowest BCUT2D eigenvalue weighted by Gasteiger charge is -2.15. The van der Waals surface area contributed by atoms with Crippen LogP contribution >= 0.6 is 0 Å². The zero-order chi connectivity index (χ0) is 20.6. The topological polar surface area (TPSA) is 115 Å². The van der Waals surface area contributed by atoms with Gasteiger partial charge in [0.1, 0.15) is 23.8 Å². The van der Waals surface area contributed by atoms with Gasteiger partial charge in [-0.1, -0.05) is 0 Å². The van der Waals surface area contributed by atoms with Gasteiger partial charge in [-0.2, -0.15) is 14.6 Å². The number of carbonyl (C=O) groups excluding carboxylic acids is 1. The molecule has 4 rings (SSSR count). The van der Waals surface area contributed by atoms with E-state index in [1.54, 1.807) is 7.05 Å². The molecule has 0 saturated heterocycles. The molecule has 1 aliphatic rings. The van der Waals surface area contributed by atoms with Crippen molar-refractivity contribution in [2.24, 2.45) is 0 Å². The lowest BCUT2D eigenvalue weighted by Crippen LogP contribution is -2.28. The summed E-state index contributed by atoms with van der Waals surface area (Å²) in [6.45, 7) is 0.189. The van der Waals surface area contributed by atoms with Gasteiger partial charge in [0.25, 0.3) is 5.91 Å². The first kappa shape index (κ1) is 18.6. The second kappa shape index (κ2) is 7.00. The molecule has 1 amide bonds. The number of carbonyl (C=O) groups is 1. The van der Waals surface area contributed by atoms with Crippen LogP contribution in [-0.2, 0) is 0 Å². The molecule has 3 aromatic heterocycles. The molecule has 1 aliphatic heterocycles. The van der Waals surface area contributed by atoms with Crippen LogP contribution in [0.5, 0.6) is 11.6 Å². The molecule has 0 spiro atoms. The van der Waals surface area contributed by atoms with Crippen LogP contribution in [-0.4, -0.2) is 52.1 Å². The molecule has 3 aromatic rings. The Morgan fingerprint density at radius 2 is 2.14 bits per heavy atom. The fourth-order valence-corrected chi connectivity index (χ4v) is 2.71. The molecule has 10 nitrogen and oxygen atoms in total. The lowest BCUT2D eigenvalue weighted by molar-refractivity contribution is -0.274. The van der Waals surface area contributed by atoms with Crippen molar-refractivity contribution in [1.82, 2.24) is 24.9 Å². The van der Waals surface area contributed by atoms with Crippen molar-refractivity contribution in [3.63, 3.8) is 0 Å². The van der Waals surface area contributed by atoms with Crippen LogP contribution in [0, 0.1) is 0 Å². The van der Waals surface area contributed by atoms with Crippen molar-refractivity contribution in [2.45, 2.75) is 6.36 Å². The molecule has 13 heteroatoms. The van der Waals surface area contributed by atoms with E-state index in [4.69, 9.17) is 4.74 Å². The Morgan fingerprint density at radius 1 is 1.31 bits per heavy atom. The maximum Gasteiger partial charge on any atom is 0.573 e. The summed E-state index contributed by atoms with van der Waals surface area (Å²) in [6, 6.07) is 3.81. The Balaban J connectivity index is 1.86. The number of aromatic nitrogens is 4. The predicted octanol–water partition coefficient (Wildman–Crippen LogP) is 1.93. The van der Waals surface area contributed by atoms with E-state index in [9.17, 15) is 18.0 Å². The number of alkyl halides is 3. The fraction of sp³-hybridized carbons (Fsp3) is 0.250. The normalized spacial score (nSPS) is 14.1. The van der Waals surface area contributed by atoms with Gasteiger partial charge in [-0.25, -0.2) is 4.98 Å². The van der Waals surface area contributed by atoms with Crippen molar-refractivity contribution in [3.8, 4) is 11.6 Å². The summed E-state index contributed by atoms with van der Waals surface area (Å²) in [4.78, 5) is 20.8. The third kappa shape index (κ3) is 3.79. The van der Waals surface area contributed by atoms with E-state index in [1.165, 1.54) is 22.8 Å². The molecule has 0 unspecified atom stereocenters. The highest BCUT2D eigenvalue weighted by Gasteiger charge is 2.33. The number of pyridine rings is 1. The van der Waals surface area contributed by atoms with Gasteiger partial charge in [0.2, 0.25) is 5.88 Å². The standard InChI is InChI=1S/C16H14F3N7O3/c1-20-11-6-10-23-13-9(29-16(17,18)19)2-3-12(25-13)28-5-4-21-15(27)8-7-22-26(11)14(8)24-10/h2-3,6-7,20H,4-5H2,1H3,(H,21,27)(H,23,24,25). The van der Waals surface area contributed by atoms with Crippen LogP contribution in [0.25, 0.3) is 5.65 Å². The summed E-state index contributed by atoms with van der Waals surface area (Å²) in [6.07, 6.45) is -3.56. The minimum Gasteiger partial charge on any atom is -0.476 e. The number of hydrogen-bond donors (Lipinski definition) is 3. The molecule has 4 bridgehead atoms. The second-order valence-corrected chi connectivity index (χ2v) is 5.84. The highest BCUT2D eigenvalue weighted by molar-refractivity contribution is 6.00. The minimum absolute atomic E-state index is 0.0495. The monoisotopic (exact) mass is 409 g/mol. The zero-order valence-corrected chi connectivity index (χ0v) is 14.9. The number of nitrogens with zero attached hydrogens (tertiary/aromatic N) is 4. The van der Waals surface area contributed by atoms with Gasteiger partial charge in [-0.3, -0.25) is 4.79 Å². The number of ether oxygens (including phenoxy) is 2. The SMILES string of the molecule is CNc1cc2nc3c(cnn13)C(=O)NCCOc1ccc(OC(F)(F)F)c(n1)N2. The molecular weight excluding hydrogens is 395 g/mol. The van der Waals surface area contributed by atoms with Crippen molar-refractivity contribution >= 4 is 29.0 Å². The van der Waals surface area contributed by atoms with Gasteiger partial charge in [0.05, 0.1) is 12.7 Å². The summed E-state index contributed by atoms with van der Waals surface area (Å²) in [7, 11) is 1.62. The highest BCUT2D eigenvalue weighted by Crippen LogP contribution is 2.33. The fourth-order valence-electron chi connectivity index (χ4n) is 2.71. The highest BCUT2D eigenvalue weighted by atomic mass is 19.4. The summed E-state index contributed by atoms with van der Waals surface area (Å²) < 4.78 is 49.1. The Labute approximate surface area is 161 Å². The number of fused-ring (bicyclic) bond motifs is 3. The molecule has 0 fully saturated rings. The molecule has 29 heavy (non-hydrogen) atoms. The first-order valence-corrected chi connectivity index (χ1v) is 8.35. The Morgan fingerprint density at radius 3 is 2.90 bits per heavy atom. The summed E-state index contributed by atoms with van der Waals surface area (Å²) in [5, 5.41) is 12.4. The molecule has 0 radical (unpaired) electrons. The molecule has 0 saturated carbocycles. The molecule has 3 N–H and O–H groups in total. The molecule has 0 atom stereocenters. The largest absolute Gasteiger partial charge is 0.573 e. The van der Waals surface area contributed by atoms with E-state index < -0.39 is 18.0 Å². The van der Waals surface area contributed by atoms with Crippen LogP contribution in [0.2, 0.25) is 0 Å². The summed E-state index contributed by atoms with van der Waals surface area (Å²) in [5.74, 6) is -0.623. The van der Waals surface area contributed by atoms with Crippen molar-refractivity contribution in [2.75, 3.05) is 30.8 Å². The van der Waals surface area contributed by atoms with Gasteiger partial charge in [0.15, 0.2) is 17.2 Å². The van der Waals surface area contributed by atoms with Crippen LogP contribution in [0.3, 0.4) is 0 Å². The van der Waals surface area contributed by atoms with Gasteiger partial charge >= 0.3 is 6.36 Å². The maximum absolute atomic E-state index is 12.8. The lowest BCUT2D eigenvalue weighted by atomic mass is 10.3. The van der Waals surface area contributed by atoms with E-state index in [0.29, 0.717) is 5.82 Å². The van der Waals surface area contributed by atoms with E-state index in [-0.39, 0.29) is 41.9 Å². The van der Waals surface area contributed by atoms with Crippen LogP contribution < -0.4 is 25.4 Å². The maximum atomic E-state index is 12.8. The zero-order valence-electron chi connectivity index (χ0n) is 14.9. The van der Waals surface area contributed by atoms with Crippen molar-refractivity contribution in [3.05, 3.63) is 30.0 Å². The van der Waals surface area contributed by atoms with Crippen molar-refractivity contribution < 1.29 is 27.4 Å². The average molecular weight is 409 g/mol. The number of hydrogen-bond acceptors (Lipinski definition) is 8. The molecule has 152 valence electrons. The number of halogens is 3. The van der Waals surface area contributed by atoms with Crippen molar-refractivity contribution in [1.29, 1.82) is 0 Å². The Kier molecular flexibility index (Phi) is 4.48. The minimum atomic E-state index is -4.91. The summed E-state index contributed by atoms with van der Waals surface area (Å²) >= 11 is 0. The Hall–Kier alpha value is -3.77. The Bertz CT molecular complexity index is 1080. The van der Waals surface area contributed by atoms with E-state index in [2.05, 4.69) is 35.8 Å². The van der Waals surface area contributed by atoms with E-state index in [1.807, 2.05) is 0 Å². The van der Waals surface area contributed by atoms with Gasteiger partial charge in [-0.05, 0) is 6.07 Å². The van der Waals surface area contributed by atoms with E-state index in [0.717, 1.165) is 6.07 Å². The number of rotatable bonds is 2. The molecule has 0 aliphatic carbocycles. The van der Waals surface area contributed by atoms with Crippen LogP contribution in [0.4, 0.5) is 30.6 Å². The number of nitrogens with one attached hydrogen (secondary N) is 3. The van der Waals surface area contributed by atoms with Gasteiger partial charge in [-0.15, -0.1) is 13.2 Å². The third-order valence-electron chi connectivity index (χ3n) is 3.91. The predicted molar refractivity (Wildman–Crippen MR) is 94.6 cm³/mol. The number of anilines is 3. The summed E-state index contributed by atoms with van der Waals surface area (Å²) in [5.41, 5.74) is 0.391. The third-order valence-corrected chi connectivity index (χ3v) is 3.91. The number of amides is 1. The quantitative estimate of drug-likeness (QED) is 0.588. The van der Waals surface area contributed by atoms with Crippen LogP contribution in [0.15, 0.2) is 24.4 Å². The van der Waals surface area contributed by atoms with Crippen LogP contribution in [0.1, 0.15) is 10.4 Å². The van der Waals surface area contributed by atoms with Gasteiger partial charge in [0, 0.05) is 19.2 Å². The smallest absolute Gasteiger partial charge is 0.476 e. The molecule has 0 aromatic carbocycles. The van der Waals surface area contributed by atoms with Gasteiger partial charge < -0.3 is 25.4 Å². The van der Waals surface area contributed by atoms with E-state index >= 15 is 0 Å². The first-order valence-electron chi connectivity index (χ1n) is 8.35. The second-order valence-electron chi connectivity index (χ2n) is 5.84. The molecule has 4 heterocycles. The first-order chi connectivity index (χ1) is 13.8. The molecular formula is C16H14F3N7O3. The average Bonchev–Trinajstić information content (AvgIpc) is 3.08.